The van der Waals surface area contributed by atoms with Crippen molar-refractivity contribution >= 4 is 12.1 Å². The molecule has 1 saturated heterocycles. The van der Waals surface area contributed by atoms with Gasteiger partial charge < -0.3 is 14.7 Å². The fourth-order valence-corrected chi connectivity index (χ4v) is 5.00. The molecule has 1 heterocycles. The highest BCUT2D eigenvalue weighted by molar-refractivity contribution is 5.79. The van der Waals surface area contributed by atoms with Crippen LogP contribution in [0.2, 0.25) is 0 Å². The number of ether oxygens (including phenoxy) is 1. The Morgan fingerprint density at radius 3 is 2.06 bits per heavy atom. The second kappa shape index (κ2) is 7.91. The van der Waals surface area contributed by atoms with Crippen LogP contribution in [0.1, 0.15) is 35.1 Å². The van der Waals surface area contributed by atoms with Gasteiger partial charge in [-0.3, -0.25) is 4.79 Å². The van der Waals surface area contributed by atoms with E-state index in [1.807, 2.05) is 54.6 Å². The number of amides is 1. The van der Waals surface area contributed by atoms with Crippen LogP contribution in [-0.4, -0.2) is 35.2 Å². The summed E-state index contributed by atoms with van der Waals surface area (Å²) >= 11 is 0. The van der Waals surface area contributed by atoms with Crippen molar-refractivity contribution in [1.29, 1.82) is 0 Å². The van der Waals surface area contributed by atoms with Crippen LogP contribution < -0.4 is 0 Å². The van der Waals surface area contributed by atoms with E-state index in [1.165, 1.54) is 11.1 Å². The Morgan fingerprint density at radius 1 is 0.871 bits per heavy atom. The number of hydrogen-bond acceptors (Lipinski definition) is 3. The number of hydrogen-bond donors (Lipinski definition) is 1. The van der Waals surface area contributed by atoms with Crippen molar-refractivity contribution in [2.75, 3.05) is 13.2 Å². The van der Waals surface area contributed by atoms with Crippen LogP contribution in [0.5, 0.6) is 0 Å². The lowest BCUT2D eigenvalue weighted by Gasteiger charge is -2.27. The highest BCUT2D eigenvalue weighted by atomic mass is 16.6. The van der Waals surface area contributed by atoms with Gasteiger partial charge in [0.05, 0.1) is 12.0 Å². The van der Waals surface area contributed by atoms with E-state index in [9.17, 15) is 14.7 Å². The Balaban J connectivity index is 1.38. The summed E-state index contributed by atoms with van der Waals surface area (Å²) in [7, 11) is 0. The number of nitrogens with zero attached hydrogens (tertiary/aromatic N) is 1. The van der Waals surface area contributed by atoms with Crippen LogP contribution in [0.3, 0.4) is 0 Å². The Kier molecular flexibility index (Phi) is 4.94. The lowest BCUT2D eigenvalue weighted by atomic mass is 9.94. The molecule has 1 N–H and O–H groups in total. The van der Waals surface area contributed by atoms with E-state index in [4.69, 9.17) is 4.74 Å². The standard InChI is InChI=1S/C26H23NO4/c28-25(29)22-14-15-27(24(22)17-8-2-1-3-9-17)26(30)31-16-23-20-12-6-4-10-18(20)19-11-5-7-13-21(19)23/h1-13,22-24H,14-16H2,(H,28,29)/t22-,24+/m1/s1. The van der Waals surface area contributed by atoms with E-state index in [0.717, 1.165) is 16.7 Å². The van der Waals surface area contributed by atoms with Gasteiger partial charge in [-0.25, -0.2) is 4.79 Å². The molecule has 0 unspecified atom stereocenters. The molecule has 0 aromatic heterocycles. The SMILES string of the molecule is O=C(O)[C@@H]1CCN(C(=O)OCC2c3ccccc3-c3ccccc32)[C@H]1c1ccccc1. The van der Waals surface area contributed by atoms with Gasteiger partial charge in [0.2, 0.25) is 0 Å². The van der Waals surface area contributed by atoms with Crippen molar-refractivity contribution in [2.45, 2.75) is 18.4 Å². The van der Waals surface area contributed by atoms with Crippen molar-refractivity contribution in [1.82, 2.24) is 4.90 Å². The highest BCUT2D eigenvalue weighted by Gasteiger charge is 2.43. The van der Waals surface area contributed by atoms with E-state index in [2.05, 4.69) is 24.3 Å². The third-order valence-corrected chi connectivity index (χ3v) is 6.43. The molecule has 3 aromatic carbocycles. The van der Waals surface area contributed by atoms with Gasteiger partial charge >= 0.3 is 12.1 Å². The van der Waals surface area contributed by atoms with E-state index < -0.39 is 24.0 Å². The molecule has 156 valence electrons. The molecule has 2 aliphatic rings. The Morgan fingerprint density at radius 2 is 1.45 bits per heavy atom. The molecule has 0 bridgehead atoms. The molecule has 0 spiro atoms. The van der Waals surface area contributed by atoms with E-state index in [0.29, 0.717) is 13.0 Å². The first-order chi connectivity index (χ1) is 15.1. The van der Waals surface area contributed by atoms with Gasteiger partial charge in [-0.1, -0.05) is 78.9 Å². The number of carboxylic acid groups (broad SMARTS) is 1. The summed E-state index contributed by atoms with van der Waals surface area (Å²) in [6.45, 7) is 0.593. The van der Waals surface area contributed by atoms with E-state index in [-0.39, 0.29) is 12.5 Å². The van der Waals surface area contributed by atoms with E-state index in [1.54, 1.807) is 4.90 Å². The quantitative estimate of drug-likeness (QED) is 0.647. The van der Waals surface area contributed by atoms with Gasteiger partial charge in [-0.05, 0) is 34.2 Å². The predicted molar refractivity (Wildman–Crippen MR) is 117 cm³/mol. The summed E-state index contributed by atoms with van der Waals surface area (Å²) in [5, 5.41) is 9.69. The topological polar surface area (TPSA) is 66.8 Å². The maximum atomic E-state index is 13.1. The summed E-state index contributed by atoms with van der Waals surface area (Å²) in [5.41, 5.74) is 5.48. The maximum Gasteiger partial charge on any atom is 0.410 e. The van der Waals surface area contributed by atoms with Gasteiger partial charge in [0.1, 0.15) is 6.61 Å². The number of carbonyl (C=O) groups excluding carboxylic acids is 1. The monoisotopic (exact) mass is 413 g/mol. The summed E-state index contributed by atoms with van der Waals surface area (Å²) in [6, 6.07) is 25.2. The third kappa shape index (κ3) is 3.36. The zero-order valence-corrected chi connectivity index (χ0v) is 17.0. The molecule has 3 aromatic rings. The molecule has 0 radical (unpaired) electrons. The molecule has 31 heavy (non-hydrogen) atoms. The van der Waals surface area contributed by atoms with Gasteiger partial charge in [0.25, 0.3) is 0 Å². The minimum absolute atomic E-state index is 0.0237. The minimum atomic E-state index is -0.886. The Bertz CT molecular complexity index is 1080. The van der Waals surface area contributed by atoms with Crippen molar-refractivity contribution in [2.24, 2.45) is 5.92 Å². The number of benzene rings is 3. The fourth-order valence-electron chi connectivity index (χ4n) is 5.00. The van der Waals surface area contributed by atoms with Gasteiger partial charge in [-0.2, -0.15) is 0 Å². The first-order valence-electron chi connectivity index (χ1n) is 10.5. The molecule has 0 saturated carbocycles. The minimum Gasteiger partial charge on any atom is -0.481 e. The van der Waals surface area contributed by atoms with Crippen LogP contribution in [0.15, 0.2) is 78.9 Å². The number of likely N-dealkylation sites (tertiary alicyclic amines) is 1. The second-order valence-electron chi connectivity index (χ2n) is 8.09. The predicted octanol–water partition coefficient (Wildman–Crippen LogP) is 5.08. The molecule has 2 atom stereocenters. The summed E-state index contributed by atoms with van der Waals surface area (Å²) in [5.74, 6) is -1.55. The Labute approximate surface area is 180 Å². The van der Waals surface area contributed by atoms with Gasteiger partial charge in [0, 0.05) is 12.5 Å². The molecule has 1 amide bonds. The number of carbonyl (C=O) groups is 2. The summed E-state index contributed by atoms with van der Waals surface area (Å²) in [6.07, 6.45) is -0.0431. The van der Waals surface area contributed by atoms with Gasteiger partial charge in [0.15, 0.2) is 0 Å². The first kappa shape index (κ1) is 19.4. The molecule has 1 aliphatic carbocycles. The molecule has 1 aliphatic heterocycles. The summed E-state index contributed by atoms with van der Waals surface area (Å²) < 4.78 is 5.80. The zero-order chi connectivity index (χ0) is 21.4. The van der Waals surface area contributed by atoms with Crippen LogP contribution in [0, 0.1) is 5.92 Å². The van der Waals surface area contributed by atoms with Crippen LogP contribution in [0.4, 0.5) is 4.79 Å². The molecule has 1 fully saturated rings. The van der Waals surface area contributed by atoms with E-state index >= 15 is 0 Å². The molecule has 5 nitrogen and oxygen atoms in total. The number of aliphatic carboxylic acids is 1. The van der Waals surface area contributed by atoms with Crippen LogP contribution in [-0.2, 0) is 9.53 Å². The van der Waals surface area contributed by atoms with Crippen molar-refractivity contribution in [3.63, 3.8) is 0 Å². The largest absolute Gasteiger partial charge is 0.481 e. The van der Waals surface area contributed by atoms with Gasteiger partial charge in [-0.15, -0.1) is 0 Å². The molecular formula is C26H23NO4. The average molecular weight is 413 g/mol. The normalized spacial score (nSPS) is 19.7. The summed E-state index contributed by atoms with van der Waals surface area (Å²) in [4.78, 5) is 26.5. The molecular weight excluding hydrogens is 390 g/mol. The lowest BCUT2D eigenvalue weighted by Crippen LogP contribution is -2.34. The number of rotatable bonds is 4. The molecule has 5 rings (SSSR count). The second-order valence-corrected chi connectivity index (χ2v) is 8.09. The highest BCUT2D eigenvalue weighted by Crippen LogP contribution is 2.45. The maximum absolute atomic E-state index is 13.1. The fraction of sp³-hybridized carbons (Fsp3) is 0.231. The van der Waals surface area contributed by atoms with Crippen LogP contribution in [0.25, 0.3) is 11.1 Å². The number of fused-ring (bicyclic) bond motifs is 3. The van der Waals surface area contributed by atoms with Crippen LogP contribution >= 0.6 is 0 Å². The first-order valence-corrected chi connectivity index (χ1v) is 10.5. The van der Waals surface area contributed by atoms with Crippen molar-refractivity contribution < 1.29 is 19.4 Å². The molecule has 5 heteroatoms. The van der Waals surface area contributed by atoms with Crippen molar-refractivity contribution in [3.8, 4) is 11.1 Å². The zero-order valence-electron chi connectivity index (χ0n) is 17.0. The Hall–Kier alpha value is -3.60. The smallest absolute Gasteiger partial charge is 0.410 e. The van der Waals surface area contributed by atoms with Crippen molar-refractivity contribution in [3.05, 3.63) is 95.6 Å². The third-order valence-electron chi connectivity index (χ3n) is 6.43. The average Bonchev–Trinajstić information content (AvgIpc) is 3.38. The number of carboxylic acids is 1. The lowest BCUT2D eigenvalue weighted by molar-refractivity contribution is -0.142.